The van der Waals surface area contributed by atoms with Crippen molar-refractivity contribution in [3.05, 3.63) is 24.3 Å². The smallest absolute Gasteiger partial charge is 0.329 e. The average molecular weight is 277 g/mol. The maximum absolute atomic E-state index is 12.3. The lowest BCUT2D eigenvalue weighted by molar-refractivity contribution is -0.159. The molecule has 0 spiro atoms. The molecule has 108 valence electrons. The molecule has 0 unspecified atom stereocenters. The van der Waals surface area contributed by atoms with Crippen molar-refractivity contribution in [3.8, 4) is 0 Å². The van der Waals surface area contributed by atoms with Crippen LogP contribution in [-0.4, -0.2) is 44.9 Å². The summed E-state index contributed by atoms with van der Waals surface area (Å²) in [7, 11) is 0. The molecule has 1 saturated heterocycles. The fourth-order valence-corrected chi connectivity index (χ4v) is 2.18. The molecule has 0 aromatic carbocycles. The number of esters is 1. The largest absolute Gasteiger partial charge is 0.458 e. The van der Waals surface area contributed by atoms with Crippen LogP contribution in [-0.2, 0) is 9.53 Å². The third kappa shape index (κ3) is 3.31. The zero-order valence-electron chi connectivity index (χ0n) is 12.0. The van der Waals surface area contributed by atoms with E-state index in [-0.39, 0.29) is 17.6 Å². The van der Waals surface area contributed by atoms with Crippen LogP contribution in [0.15, 0.2) is 18.6 Å². The van der Waals surface area contributed by atoms with Gasteiger partial charge in [0.2, 0.25) is 0 Å². The monoisotopic (exact) mass is 277 g/mol. The molecule has 2 heterocycles. The van der Waals surface area contributed by atoms with Crippen LogP contribution in [0, 0.1) is 0 Å². The number of carbonyl (C=O) groups excluding carboxylic acids is 2. The van der Waals surface area contributed by atoms with Gasteiger partial charge in [-0.3, -0.25) is 9.78 Å². The van der Waals surface area contributed by atoms with Crippen molar-refractivity contribution in [2.75, 3.05) is 6.54 Å². The Morgan fingerprint density at radius 3 is 2.70 bits per heavy atom. The van der Waals surface area contributed by atoms with E-state index in [1.807, 2.05) is 20.8 Å². The SMILES string of the molecule is CC(C)(C)OC(=O)[C@H]1CCCN1C(=O)c1cnccn1. The summed E-state index contributed by atoms with van der Waals surface area (Å²) < 4.78 is 5.37. The number of likely N-dealkylation sites (tertiary alicyclic amines) is 1. The summed E-state index contributed by atoms with van der Waals surface area (Å²) in [6.45, 7) is 5.98. The molecule has 6 nitrogen and oxygen atoms in total. The summed E-state index contributed by atoms with van der Waals surface area (Å²) in [5.41, 5.74) is -0.302. The predicted octanol–water partition coefficient (Wildman–Crippen LogP) is 1.42. The molecule has 0 saturated carbocycles. The fraction of sp³-hybridized carbons (Fsp3) is 0.571. The maximum atomic E-state index is 12.3. The second kappa shape index (κ2) is 5.56. The highest BCUT2D eigenvalue weighted by atomic mass is 16.6. The molecular weight excluding hydrogens is 258 g/mol. The third-order valence-electron chi connectivity index (χ3n) is 2.97. The summed E-state index contributed by atoms with van der Waals surface area (Å²) in [4.78, 5) is 33.9. The molecular formula is C14H19N3O3. The second-order valence-corrected chi connectivity index (χ2v) is 5.78. The minimum Gasteiger partial charge on any atom is -0.458 e. The van der Waals surface area contributed by atoms with Crippen molar-refractivity contribution in [1.29, 1.82) is 0 Å². The third-order valence-corrected chi connectivity index (χ3v) is 2.97. The number of carbonyl (C=O) groups is 2. The molecule has 1 fully saturated rings. The Morgan fingerprint density at radius 2 is 2.10 bits per heavy atom. The molecule has 1 atom stereocenters. The molecule has 0 aliphatic carbocycles. The van der Waals surface area contributed by atoms with E-state index < -0.39 is 11.6 Å². The fourth-order valence-electron chi connectivity index (χ4n) is 2.18. The number of aromatic nitrogens is 2. The van der Waals surface area contributed by atoms with Gasteiger partial charge in [0.1, 0.15) is 17.3 Å². The van der Waals surface area contributed by atoms with Gasteiger partial charge in [0.15, 0.2) is 0 Å². The minimum atomic E-state index is -0.555. The van der Waals surface area contributed by atoms with Gasteiger partial charge in [0, 0.05) is 18.9 Å². The van der Waals surface area contributed by atoms with E-state index in [4.69, 9.17) is 4.74 Å². The summed E-state index contributed by atoms with van der Waals surface area (Å²) in [5.74, 6) is -0.626. The van der Waals surface area contributed by atoms with E-state index in [1.165, 1.54) is 23.5 Å². The molecule has 1 aromatic rings. The van der Waals surface area contributed by atoms with Crippen LogP contribution in [0.3, 0.4) is 0 Å². The lowest BCUT2D eigenvalue weighted by atomic mass is 10.1. The van der Waals surface area contributed by atoms with Gasteiger partial charge in [-0.1, -0.05) is 0 Å². The summed E-state index contributed by atoms with van der Waals surface area (Å²) >= 11 is 0. The Balaban J connectivity index is 2.11. The van der Waals surface area contributed by atoms with E-state index in [0.29, 0.717) is 13.0 Å². The van der Waals surface area contributed by atoms with Gasteiger partial charge >= 0.3 is 5.97 Å². The van der Waals surface area contributed by atoms with Crippen LogP contribution in [0.25, 0.3) is 0 Å². The number of hydrogen-bond donors (Lipinski definition) is 0. The van der Waals surface area contributed by atoms with Crippen molar-refractivity contribution in [3.63, 3.8) is 0 Å². The number of hydrogen-bond acceptors (Lipinski definition) is 5. The van der Waals surface area contributed by atoms with Gasteiger partial charge in [-0.15, -0.1) is 0 Å². The van der Waals surface area contributed by atoms with Crippen molar-refractivity contribution >= 4 is 11.9 Å². The van der Waals surface area contributed by atoms with Crippen molar-refractivity contribution in [1.82, 2.24) is 14.9 Å². The van der Waals surface area contributed by atoms with Crippen LogP contribution in [0.4, 0.5) is 0 Å². The molecule has 1 aliphatic rings. The van der Waals surface area contributed by atoms with Gasteiger partial charge in [-0.05, 0) is 33.6 Å². The van der Waals surface area contributed by atoms with Gasteiger partial charge in [0.25, 0.3) is 5.91 Å². The van der Waals surface area contributed by atoms with Gasteiger partial charge in [-0.2, -0.15) is 0 Å². The van der Waals surface area contributed by atoms with E-state index in [9.17, 15) is 9.59 Å². The molecule has 6 heteroatoms. The molecule has 2 rings (SSSR count). The average Bonchev–Trinajstić information content (AvgIpc) is 2.86. The molecule has 0 bridgehead atoms. The van der Waals surface area contributed by atoms with Crippen LogP contribution in [0.1, 0.15) is 44.1 Å². The quantitative estimate of drug-likeness (QED) is 0.764. The highest BCUT2D eigenvalue weighted by Crippen LogP contribution is 2.22. The zero-order chi connectivity index (χ0) is 14.8. The summed E-state index contributed by atoms with van der Waals surface area (Å²) in [6, 6.07) is -0.524. The normalized spacial score (nSPS) is 18.9. The van der Waals surface area contributed by atoms with E-state index in [0.717, 1.165) is 6.42 Å². The topological polar surface area (TPSA) is 72.4 Å². The van der Waals surface area contributed by atoms with Crippen molar-refractivity contribution in [2.24, 2.45) is 0 Å². The molecule has 0 radical (unpaired) electrons. The van der Waals surface area contributed by atoms with Crippen LogP contribution < -0.4 is 0 Å². The number of amides is 1. The van der Waals surface area contributed by atoms with Crippen LogP contribution in [0.5, 0.6) is 0 Å². The Labute approximate surface area is 118 Å². The van der Waals surface area contributed by atoms with E-state index in [1.54, 1.807) is 0 Å². The number of ether oxygens (including phenoxy) is 1. The molecule has 0 N–H and O–H groups in total. The molecule has 1 aromatic heterocycles. The summed E-state index contributed by atoms with van der Waals surface area (Å²) in [6.07, 6.45) is 5.79. The second-order valence-electron chi connectivity index (χ2n) is 5.78. The van der Waals surface area contributed by atoms with Gasteiger partial charge in [0.05, 0.1) is 6.20 Å². The minimum absolute atomic E-state index is 0.253. The van der Waals surface area contributed by atoms with Crippen molar-refractivity contribution < 1.29 is 14.3 Å². The Bertz CT molecular complexity index is 496. The Kier molecular flexibility index (Phi) is 4.01. The van der Waals surface area contributed by atoms with Gasteiger partial charge in [-0.25, -0.2) is 9.78 Å². The van der Waals surface area contributed by atoms with Crippen LogP contribution in [0.2, 0.25) is 0 Å². The van der Waals surface area contributed by atoms with E-state index >= 15 is 0 Å². The maximum Gasteiger partial charge on any atom is 0.329 e. The highest BCUT2D eigenvalue weighted by Gasteiger charge is 2.37. The first-order valence-corrected chi connectivity index (χ1v) is 6.68. The predicted molar refractivity (Wildman–Crippen MR) is 71.9 cm³/mol. The Morgan fingerprint density at radius 1 is 1.35 bits per heavy atom. The zero-order valence-corrected chi connectivity index (χ0v) is 12.0. The van der Waals surface area contributed by atoms with Crippen LogP contribution >= 0.6 is 0 Å². The van der Waals surface area contributed by atoms with Crippen molar-refractivity contribution in [2.45, 2.75) is 45.3 Å². The lowest BCUT2D eigenvalue weighted by Gasteiger charge is -2.27. The number of rotatable bonds is 2. The first-order valence-electron chi connectivity index (χ1n) is 6.68. The van der Waals surface area contributed by atoms with Gasteiger partial charge < -0.3 is 9.64 Å². The molecule has 1 aliphatic heterocycles. The lowest BCUT2D eigenvalue weighted by Crippen LogP contribution is -2.43. The molecule has 20 heavy (non-hydrogen) atoms. The summed E-state index contributed by atoms with van der Waals surface area (Å²) in [5, 5.41) is 0. The highest BCUT2D eigenvalue weighted by molar-refractivity contribution is 5.95. The number of nitrogens with zero attached hydrogens (tertiary/aromatic N) is 3. The standard InChI is InChI=1S/C14H19N3O3/c1-14(2,3)20-13(19)11-5-4-8-17(11)12(18)10-9-15-6-7-16-10/h6-7,9,11H,4-5,8H2,1-3H3/t11-/m1/s1. The van der Waals surface area contributed by atoms with E-state index in [2.05, 4.69) is 9.97 Å². The first-order chi connectivity index (χ1) is 9.38. The first kappa shape index (κ1) is 14.4. The molecule has 1 amide bonds. The Hall–Kier alpha value is -1.98.